The van der Waals surface area contributed by atoms with Gasteiger partial charge in [-0.1, -0.05) is 6.92 Å². The Balaban J connectivity index is 2.55. The lowest BCUT2D eigenvalue weighted by molar-refractivity contribution is -0.207. The Morgan fingerprint density at radius 3 is 2.70 bits per heavy atom. The van der Waals surface area contributed by atoms with Crippen LogP contribution in [0.15, 0.2) is 21.9 Å². The van der Waals surface area contributed by atoms with Crippen LogP contribution in [0.3, 0.4) is 0 Å². The number of halogens is 1. The van der Waals surface area contributed by atoms with Crippen molar-refractivity contribution in [2.75, 3.05) is 6.61 Å². The number of aliphatic hydroxyl groups is 3. The van der Waals surface area contributed by atoms with Crippen molar-refractivity contribution in [2.45, 2.75) is 37.1 Å². The van der Waals surface area contributed by atoms with Gasteiger partial charge in [-0.25, -0.2) is 9.18 Å². The van der Waals surface area contributed by atoms with Gasteiger partial charge in [0, 0.05) is 12.3 Å². The maximum atomic E-state index is 14.2. The molecule has 0 amide bonds. The molecule has 0 bridgehead atoms. The second-order valence-electron chi connectivity index (χ2n) is 4.68. The largest absolute Gasteiger partial charge is 0.390 e. The van der Waals surface area contributed by atoms with Crippen LogP contribution in [-0.4, -0.2) is 49.0 Å². The maximum Gasteiger partial charge on any atom is 0.330 e. The minimum Gasteiger partial charge on any atom is -0.390 e. The third-order valence-corrected chi connectivity index (χ3v) is 3.50. The molecule has 1 aromatic heterocycles. The Labute approximate surface area is 112 Å². The van der Waals surface area contributed by atoms with E-state index in [2.05, 4.69) is 0 Å². The summed E-state index contributed by atoms with van der Waals surface area (Å²) in [5.41, 5.74) is -3.72. The first kappa shape index (κ1) is 14.9. The van der Waals surface area contributed by atoms with Crippen LogP contribution in [0.1, 0.15) is 19.6 Å². The fraction of sp³-hybridized carbons (Fsp3) is 0.636. The third-order valence-electron chi connectivity index (χ3n) is 3.50. The molecular formula is C11H15FN2O6. The van der Waals surface area contributed by atoms with E-state index < -0.39 is 41.6 Å². The monoisotopic (exact) mass is 290 g/mol. The SMILES string of the molecule is CC[C@]1(O)[C@H](n2ccc(=O)[nH]c2=O)O[C@](F)(CO)[C@H]1O. The van der Waals surface area contributed by atoms with E-state index in [9.17, 15) is 24.2 Å². The highest BCUT2D eigenvalue weighted by Gasteiger charge is 2.64. The lowest BCUT2D eigenvalue weighted by Gasteiger charge is -2.30. The Bertz CT molecular complexity index is 615. The van der Waals surface area contributed by atoms with E-state index in [1.54, 1.807) is 0 Å². The number of hydrogen-bond donors (Lipinski definition) is 4. The molecule has 0 saturated carbocycles. The van der Waals surface area contributed by atoms with Gasteiger partial charge in [-0.15, -0.1) is 0 Å². The summed E-state index contributed by atoms with van der Waals surface area (Å²) in [7, 11) is 0. The molecule has 1 fully saturated rings. The number of aliphatic hydroxyl groups excluding tert-OH is 2. The number of rotatable bonds is 3. The number of aromatic nitrogens is 2. The fourth-order valence-corrected chi connectivity index (χ4v) is 2.26. The smallest absolute Gasteiger partial charge is 0.330 e. The Morgan fingerprint density at radius 2 is 2.20 bits per heavy atom. The van der Waals surface area contributed by atoms with Gasteiger partial charge in [-0.2, -0.15) is 0 Å². The van der Waals surface area contributed by atoms with Crippen LogP contribution < -0.4 is 11.2 Å². The Morgan fingerprint density at radius 1 is 1.55 bits per heavy atom. The number of aromatic amines is 1. The Kier molecular flexibility index (Phi) is 3.54. The summed E-state index contributed by atoms with van der Waals surface area (Å²) < 4.78 is 19.8. The molecule has 4 N–H and O–H groups in total. The van der Waals surface area contributed by atoms with Gasteiger partial charge in [-0.3, -0.25) is 14.3 Å². The van der Waals surface area contributed by atoms with Crippen LogP contribution in [-0.2, 0) is 4.74 Å². The van der Waals surface area contributed by atoms with Crippen molar-refractivity contribution in [1.29, 1.82) is 0 Å². The summed E-state index contributed by atoms with van der Waals surface area (Å²) in [4.78, 5) is 24.6. The molecule has 1 aliphatic rings. The summed E-state index contributed by atoms with van der Waals surface area (Å²) in [6, 6.07) is 0.990. The predicted octanol–water partition coefficient (Wildman–Crippen LogP) is -1.77. The second-order valence-corrected chi connectivity index (χ2v) is 4.68. The van der Waals surface area contributed by atoms with Gasteiger partial charge in [0.1, 0.15) is 18.3 Å². The topological polar surface area (TPSA) is 125 Å². The first-order chi connectivity index (χ1) is 9.28. The van der Waals surface area contributed by atoms with Crippen molar-refractivity contribution in [1.82, 2.24) is 9.55 Å². The van der Waals surface area contributed by atoms with Gasteiger partial charge in [0.15, 0.2) is 6.23 Å². The summed E-state index contributed by atoms with van der Waals surface area (Å²) >= 11 is 0. The number of hydrogen-bond acceptors (Lipinski definition) is 6. The minimum atomic E-state index is -2.90. The van der Waals surface area contributed by atoms with Crippen molar-refractivity contribution >= 4 is 0 Å². The van der Waals surface area contributed by atoms with Gasteiger partial charge >= 0.3 is 5.69 Å². The lowest BCUT2D eigenvalue weighted by Crippen LogP contribution is -2.51. The highest BCUT2D eigenvalue weighted by atomic mass is 19.2. The van der Waals surface area contributed by atoms with Crippen LogP contribution in [0.25, 0.3) is 0 Å². The van der Waals surface area contributed by atoms with Crippen LogP contribution in [0.5, 0.6) is 0 Å². The number of nitrogens with zero attached hydrogens (tertiary/aromatic N) is 1. The zero-order valence-electron chi connectivity index (χ0n) is 10.6. The van der Waals surface area contributed by atoms with Crippen molar-refractivity contribution in [3.05, 3.63) is 33.1 Å². The van der Waals surface area contributed by atoms with Gasteiger partial charge in [0.25, 0.3) is 11.4 Å². The minimum absolute atomic E-state index is 0.143. The molecule has 1 aromatic rings. The summed E-state index contributed by atoms with van der Waals surface area (Å²) in [5.74, 6) is -2.90. The highest BCUT2D eigenvalue weighted by molar-refractivity contribution is 5.05. The average molecular weight is 290 g/mol. The number of ether oxygens (including phenoxy) is 1. The molecule has 20 heavy (non-hydrogen) atoms. The highest BCUT2D eigenvalue weighted by Crippen LogP contribution is 2.46. The molecule has 112 valence electrons. The van der Waals surface area contributed by atoms with Crippen LogP contribution in [0.4, 0.5) is 4.39 Å². The summed E-state index contributed by atoms with van der Waals surface area (Å²) in [6.45, 7) is 0.268. The normalized spacial score (nSPS) is 37.2. The van der Waals surface area contributed by atoms with Crippen molar-refractivity contribution in [2.24, 2.45) is 0 Å². The van der Waals surface area contributed by atoms with E-state index in [1.165, 1.54) is 6.92 Å². The van der Waals surface area contributed by atoms with Gasteiger partial charge in [0.05, 0.1) is 0 Å². The Hall–Kier alpha value is -1.55. The molecule has 0 radical (unpaired) electrons. The standard InChI is InChI=1S/C11H15FN2O6/c1-2-10(19)7(17)11(12,5-15)20-8(10)14-4-3-6(16)13-9(14)18/h3-4,7-8,15,17,19H,2,5H2,1H3,(H,13,16,18)/t7-,8+,10+,11+/m0/s1. The predicted molar refractivity (Wildman–Crippen MR) is 63.6 cm³/mol. The summed E-state index contributed by atoms with van der Waals surface area (Å²) in [5, 5.41) is 29.2. The molecule has 9 heteroatoms. The van der Waals surface area contributed by atoms with Crippen LogP contribution in [0.2, 0.25) is 0 Å². The van der Waals surface area contributed by atoms with Crippen molar-refractivity contribution < 1.29 is 24.4 Å². The zero-order chi connectivity index (χ0) is 15.1. The first-order valence-electron chi connectivity index (χ1n) is 5.98. The van der Waals surface area contributed by atoms with Gasteiger partial charge in [0.2, 0.25) is 0 Å². The molecule has 2 rings (SSSR count). The second kappa shape index (κ2) is 4.77. The quantitative estimate of drug-likeness (QED) is 0.522. The zero-order valence-corrected chi connectivity index (χ0v) is 10.6. The van der Waals surface area contributed by atoms with Crippen LogP contribution in [0, 0.1) is 0 Å². The van der Waals surface area contributed by atoms with Crippen molar-refractivity contribution in [3.63, 3.8) is 0 Å². The molecule has 2 heterocycles. The number of nitrogens with one attached hydrogen (secondary N) is 1. The molecule has 4 atom stereocenters. The molecule has 0 spiro atoms. The van der Waals surface area contributed by atoms with Crippen LogP contribution >= 0.6 is 0 Å². The first-order valence-corrected chi connectivity index (χ1v) is 5.98. The number of H-pyrrole nitrogens is 1. The third kappa shape index (κ3) is 1.99. The molecule has 0 aromatic carbocycles. The molecular weight excluding hydrogens is 275 g/mol. The average Bonchev–Trinajstić information content (AvgIpc) is 2.62. The molecule has 0 unspecified atom stereocenters. The molecule has 1 saturated heterocycles. The maximum absolute atomic E-state index is 14.2. The molecule has 1 aliphatic heterocycles. The van der Waals surface area contributed by atoms with Crippen molar-refractivity contribution in [3.8, 4) is 0 Å². The fourth-order valence-electron chi connectivity index (χ4n) is 2.26. The van der Waals surface area contributed by atoms with E-state index in [1.807, 2.05) is 4.98 Å². The van der Waals surface area contributed by atoms with E-state index in [0.29, 0.717) is 0 Å². The lowest BCUT2D eigenvalue weighted by atomic mass is 9.90. The number of alkyl halides is 1. The van der Waals surface area contributed by atoms with E-state index in [-0.39, 0.29) is 6.42 Å². The van der Waals surface area contributed by atoms with E-state index in [0.717, 1.165) is 16.8 Å². The van der Waals surface area contributed by atoms with Gasteiger partial charge in [-0.05, 0) is 6.42 Å². The van der Waals surface area contributed by atoms with E-state index in [4.69, 9.17) is 9.84 Å². The van der Waals surface area contributed by atoms with Gasteiger partial charge < -0.3 is 20.1 Å². The summed E-state index contributed by atoms with van der Waals surface area (Å²) in [6.07, 6.45) is -2.75. The van der Waals surface area contributed by atoms with E-state index >= 15 is 0 Å². The molecule has 0 aliphatic carbocycles. The molecule has 8 nitrogen and oxygen atoms in total.